The third-order valence-electron chi connectivity index (χ3n) is 3.29. The lowest BCUT2D eigenvalue weighted by Crippen LogP contribution is -2.45. The van der Waals surface area contributed by atoms with Crippen molar-refractivity contribution in [2.24, 2.45) is 0 Å². The monoisotopic (exact) mass is 264 g/mol. The molecule has 0 aromatic heterocycles. The Labute approximate surface area is 105 Å². The van der Waals surface area contributed by atoms with Crippen molar-refractivity contribution in [3.05, 3.63) is 0 Å². The van der Waals surface area contributed by atoms with Crippen LogP contribution in [-0.2, 0) is 9.47 Å². The van der Waals surface area contributed by atoms with E-state index in [1.165, 1.54) is 4.90 Å². The summed E-state index contributed by atoms with van der Waals surface area (Å²) in [6.07, 6.45) is -2.01. The van der Waals surface area contributed by atoms with Crippen molar-refractivity contribution in [3.8, 4) is 0 Å². The Morgan fingerprint density at radius 1 is 1.44 bits per heavy atom. The molecule has 2 aliphatic heterocycles. The molecule has 0 bridgehead atoms. The van der Waals surface area contributed by atoms with Gasteiger partial charge in [-0.1, -0.05) is 6.92 Å². The predicted molar refractivity (Wildman–Crippen MR) is 59.7 cm³/mol. The zero-order chi connectivity index (χ0) is 13.2. The molecule has 2 aliphatic rings. The van der Waals surface area contributed by atoms with E-state index >= 15 is 0 Å². The Hall–Kier alpha value is -0.950. The quantitative estimate of drug-likeness (QED) is 0.739. The van der Waals surface area contributed by atoms with Crippen LogP contribution in [0.5, 0.6) is 0 Å². The summed E-state index contributed by atoms with van der Waals surface area (Å²) in [4.78, 5) is 14.7. The van der Waals surface area contributed by atoms with E-state index in [1.54, 1.807) is 4.90 Å². The van der Waals surface area contributed by atoms with Crippen LogP contribution >= 0.6 is 0 Å². The van der Waals surface area contributed by atoms with Crippen LogP contribution in [0.1, 0.15) is 6.92 Å². The van der Waals surface area contributed by atoms with Gasteiger partial charge >= 0.3 is 6.09 Å². The Morgan fingerprint density at radius 2 is 2.11 bits per heavy atom. The third kappa shape index (κ3) is 2.89. The van der Waals surface area contributed by atoms with E-state index in [2.05, 4.69) is 0 Å². The van der Waals surface area contributed by atoms with Crippen molar-refractivity contribution in [2.75, 3.05) is 45.9 Å². The number of likely N-dealkylation sites (N-methyl/N-ethyl adjacent to an activating group) is 1. The van der Waals surface area contributed by atoms with Crippen LogP contribution in [-0.4, -0.2) is 73.9 Å². The van der Waals surface area contributed by atoms with Gasteiger partial charge < -0.3 is 14.4 Å². The number of nitrogens with zero attached hydrogens (tertiary/aromatic N) is 2. The lowest BCUT2D eigenvalue weighted by atomic mass is 10.2. The highest BCUT2D eigenvalue weighted by Gasteiger charge is 2.50. The van der Waals surface area contributed by atoms with Crippen LogP contribution in [0, 0.1) is 0 Å². The molecule has 2 rings (SSSR count). The molecule has 0 saturated carbocycles. The van der Waals surface area contributed by atoms with E-state index < -0.39 is 18.1 Å². The molecule has 1 atom stereocenters. The molecule has 1 amide bonds. The highest BCUT2D eigenvalue weighted by molar-refractivity contribution is 5.68. The van der Waals surface area contributed by atoms with Gasteiger partial charge in [-0.25, -0.2) is 13.6 Å². The first-order chi connectivity index (χ1) is 8.53. The minimum Gasteiger partial charge on any atom is -0.438 e. The Morgan fingerprint density at radius 3 is 2.67 bits per heavy atom. The molecule has 0 N–H and O–H groups in total. The summed E-state index contributed by atoms with van der Waals surface area (Å²) in [5, 5.41) is 0. The van der Waals surface area contributed by atoms with Gasteiger partial charge in [0.1, 0.15) is 0 Å². The van der Waals surface area contributed by atoms with E-state index in [9.17, 15) is 13.6 Å². The molecule has 0 radical (unpaired) electrons. The molecular formula is C11H18F2N2O3. The van der Waals surface area contributed by atoms with E-state index in [4.69, 9.17) is 9.47 Å². The molecule has 2 heterocycles. The number of ether oxygens (including phenoxy) is 2. The van der Waals surface area contributed by atoms with Gasteiger partial charge in [0.05, 0.1) is 19.8 Å². The van der Waals surface area contributed by atoms with Crippen molar-refractivity contribution < 1.29 is 23.0 Å². The maximum atomic E-state index is 13.6. The van der Waals surface area contributed by atoms with Crippen LogP contribution in [0.3, 0.4) is 0 Å². The number of hydrogen-bond acceptors (Lipinski definition) is 4. The number of morpholine rings is 1. The Balaban J connectivity index is 1.90. The van der Waals surface area contributed by atoms with Gasteiger partial charge in [0, 0.05) is 19.6 Å². The van der Waals surface area contributed by atoms with Crippen molar-refractivity contribution in [3.63, 3.8) is 0 Å². The van der Waals surface area contributed by atoms with Gasteiger partial charge in [0.2, 0.25) is 0 Å². The Kier molecular flexibility index (Phi) is 4.01. The van der Waals surface area contributed by atoms with Gasteiger partial charge in [-0.05, 0) is 6.54 Å². The van der Waals surface area contributed by atoms with Crippen LogP contribution in [0.25, 0.3) is 0 Å². The lowest BCUT2D eigenvalue weighted by molar-refractivity contribution is -0.0875. The van der Waals surface area contributed by atoms with E-state index in [0.717, 1.165) is 0 Å². The highest BCUT2D eigenvalue weighted by atomic mass is 19.3. The number of likely N-dealkylation sites (tertiary alicyclic amines) is 1. The van der Waals surface area contributed by atoms with Gasteiger partial charge in [-0.3, -0.25) is 4.90 Å². The summed E-state index contributed by atoms with van der Waals surface area (Å²) in [6, 6.07) is 0. The average molecular weight is 264 g/mol. The molecule has 18 heavy (non-hydrogen) atoms. The van der Waals surface area contributed by atoms with E-state index in [0.29, 0.717) is 32.8 Å². The molecular weight excluding hydrogens is 246 g/mol. The second-order valence-corrected chi connectivity index (χ2v) is 4.56. The second-order valence-electron chi connectivity index (χ2n) is 4.56. The van der Waals surface area contributed by atoms with Crippen LogP contribution in [0.15, 0.2) is 0 Å². The standard InChI is InChI=1S/C11H18F2N2O3/c1-2-14-7-9(11(12,13)8-14)18-10(16)15-3-5-17-6-4-15/h9H,2-8H2,1H3. The summed E-state index contributed by atoms with van der Waals surface area (Å²) in [5.41, 5.74) is 0. The van der Waals surface area contributed by atoms with Crippen molar-refractivity contribution >= 4 is 6.09 Å². The smallest absolute Gasteiger partial charge is 0.410 e. The molecule has 2 saturated heterocycles. The third-order valence-corrected chi connectivity index (χ3v) is 3.29. The fourth-order valence-electron chi connectivity index (χ4n) is 2.14. The van der Waals surface area contributed by atoms with Crippen LogP contribution in [0.2, 0.25) is 0 Å². The molecule has 0 aromatic rings. The average Bonchev–Trinajstić information content (AvgIpc) is 2.65. The van der Waals surface area contributed by atoms with E-state index in [-0.39, 0.29) is 13.1 Å². The normalized spacial score (nSPS) is 28.4. The molecule has 5 nitrogen and oxygen atoms in total. The molecule has 0 aromatic carbocycles. The number of hydrogen-bond donors (Lipinski definition) is 0. The molecule has 0 spiro atoms. The highest BCUT2D eigenvalue weighted by Crippen LogP contribution is 2.30. The van der Waals surface area contributed by atoms with Crippen molar-refractivity contribution in [1.82, 2.24) is 9.80 Å². The maximum Gasteiger partial charge on any atom is 0.410 e. The summed E-state index contributed by atoms with van der Waals surface area (Å²) in [7, 11) is 0. The number of alkyl halides is 2. The number of carbonyl (C=O) groups excluding carboxylic acids is 1. The molecule has 2 fully saturated rings. The molecule has 7 heteroatoms. The fourth-order valence-corrected chi connectivity index (χ4v) is 2.14. The number of carbonyl (C=O) groups is 1. The lowest BCUT2D eigenvalue weighted by Gasteiger charge is -2.28. The predicted octanol–water partition coefficient (Wildman–Crippen LogP) is 0.795. The summed E-state index contributed by atoms with van der Waals surface area (Å²) < 4.78 is 37.3. The minimum absolute atomic E-state index is 0.0968. The molecule has 1 unspecified atom stereocenters. The first-order valence-corrected chi connectivity index (χ1v) is 6.16. The molecule has 104 valence electrons. The van der Waals surface area contributed by atoms with Crippen LogP contribution < -0.4 is 0 Å². The first kappa shape index (κ1) is 13.5. The zero-order valence-electron chi connectivity index (χ0n) is 10.4. The summed E-state index contributed by atoms with van der Waals surface area (Å²) in [5.74, 6) is -2.96. The number of amides is 1. The fraction of sp³-hybridized carbons (Fsp3) is 0.909. The number of halogens is 2. The summed E-state index contributed by atoms with van der Waals surface area (Å²) in [6.45, 7) is 3.74. The van der Waals surface area contributed by atoms with E-state index in [1.807, 2.05) is 6.92 Å². The van der Waals surface area contributed by atoms with Gasteiger partial charge in [-0.15, -0.1) is 0 Å². The SMILES string of the molecule is CCN1CC(OC(=O)N2CCOCC2)C(F)(F)C1. The number of rotatable bonds is 2. The minimum atomic E-state index is -2.96. The van der Waals surface area contributed by atoms with Crippen molar-refractivity contribution in [2.45, 2.75) is 19.0 Å². The molecule has 0 aliphatic carbocycles. The second kappa shape index (κ2) is 5.36. The Bertz CT molecular complexity index is 309. The summed E-state index contributed by atoms with van der Waals surface area (Å²) >= 11 is 0. The van der Waals surface area contributed by atoms with Crippen LogP contribution in [0.4, 0.5) is 13.6 Å². The van der Waals surface area contributed by atoms with Crippen molar-refractivity contribution in [1.29, 1.82) is 0 Å². The van der Waals surface area contributed by atoms with Gasteiger partial charge in [0.15, 0.2) is 6.10 Å². The largest absolute Gasteiger partial charge is 0.438 e. The van der Waals surface area contributed by atoms with Gasteiger partial charge in [0.25, 0.3) is 5.92 Å². The van der Waals surface area contributed by atoms with Gasteiger partial charge in [-0.2, -0.15) is 0 Å². The maximum absolute atomic E-state index is 13.6. The topological polar surface area (TPSA) is 42.0 Å². The first-order valence-electron chi connectivity index (χ1n) is 6.16. The zero-order valence-corrected chi connectivity index (χ0v) is 10.4.